The van der Waals surface area contributed by atoms with E-state index in [9.17, 15) is 9.59 Å². The van der Waals surface area contributed by atoms with Crippen LogP contribution in [0.25, 0.3) is 0 Å². The molecule has 2 amide bonds. The van der Waals surface area contributed by atoms with E-state index in [4.69, 9.17) is 23.7 Å². The SMILES string of the molecule is CC.CNCNC(=O)COCCOCCOCCOCCOCCNC(C)=O. The van der Waals surface area contributed by atoms with E-state index in [0.717, 1.165) is 0 Å². The monoisotopic (exact) mass is 409 g/mol. The van der Waals surface area contributed by atoms with Gasteiger partial charge in [-0.15, -0.1) is 0 Å². The molecule has 168 valence electrons. The molecule has 10 heteroatoms. The van der Waals surface area contributed by atoms with E-state index in [-0.39, 0.29) is 18.4 Å². The summed E-state index contributed by atoms with van der Waals surface area (Å²) in [5.74, 6) is -0.230. The van der Waals surface area contributed by atoms with Crippen molar-refractivity contribution in [3.63, 3.8) is 0 Å². The van der Waals surface area contributed by atoms with Gasteiger partial charge in [0.15, 0.2) is 0 Å². The highest BCUT2D eigenvalue weighted by Crippen LogP contribution is 1.84. The van der Waals surface area contributed by atoms with Gasteiger partial charge in [0, 0.05) is 13.5 Å². The fraction of sp³-hybridized carbons (Fsp3) is 0.889. The molecular formula is C18H39N3O7. The normalized spacial score (nSPS) is 10.1. The Morgan fingerprint density at radius 1 is 0.679 bits per heavy atom. The van der Waals surface area contributed by atoms with Crippen LogP contribution in [0.2, 0.25) is 0 Å². The molecule has 3 N–H and O–H groups in total. The van der Waals surface area contributed by atoms with Crippen molar-refractivity contribution < 1.29 is 33.3 Å². The zero-order valence-corrected chi connectivity index (χ0v) is 17.8. The molecule has 0 rings (SSSR count). The first-order valence-corrected chi connectivity index (χ1v) is 9.71. The third-order valence-corrected chi connectivity index (χ3v) is 2.80. The Balaban J connectivity index is 0. The minimum atomic E-state index is -0.166. The average Bonchev–Trinajstić information content (AvgIpc) is 2.70. The third-order valence-electron chi connectivity index (χ3n) is 2.80. The van der Waals surface area contributed by atoms with Crippen LogP contribution in [-0.4, -0.2) is 98.1 Å². The van der Waals surface area contributed by atoms with Crippen molar-refractivity contribution in [2.24, 2.45) is 0 Å². The number of hydrogen-bond donors (Lipinski definition) is 3. The number of carbonyl (C=O) groups excluding carboxylic acids is 2. The Morgan fingerprint density at radius 3 is 1.54 bits per heavy atom. The van der Waals surface area contributed by atoms with Gasteiger partial charge in [0.25, 0.3) is 0 Å². The number of amides is 2. The van der Waals surface area contributed by atoms with Crippen molar-refractivity contribution in [2.75, 3.05) is 86.3 Å². The maximum Gasteiger partial charge on any atom is 0.246 e. The second-order valence-corrected chi connectivity index (χ2v) is 5.12. The number of hydrogen-bond acceptors (Lipinski definition) is 8. The molecule has 0 saturated carbocycles. The summed E-state index contributed by atoms with van der Waals surface area (Å²) < 4.78 is 26.4. The lowest BCUT2D eigenvalue weighted by molar-refractivity contribution is -0.126. The largest absolute Gasteiger partial charge is 0.377 e. The number of carbonyl (C=O) groups is 2. The van der Waals surface area contributed by atoms with E-state index >= 15 is 0 Å². The van der Waals surface area contributed by atoms with Crippen molar-refractivity contribution >= 4 is 11.8 Å². The Labute approximate surface area is 168 Å². The zero-order valence-electron chi connectivity index (χ0n) is 17.8. The number of nitrogens with one attached hydrogen (secondary N) is 3. The summed E-state index contributed by atoms with van der Waals surface area (Å²) in [4.78, 5) is 21.8. The molecule has 28 heavy (non-hydrogen) atoms. The van der Waals surface area contributed by atoms with Crippen molar-refractivity contribution in [2.45, 2.75) is 20.8 Å². The van der Waals surface area contributed by atoms with Crippen molar-refractivity contribution in [1.82, 2.24) is 16.0 Å². The first-order chi connectivity index (χ1) is 13.7. The van der Waals surface area contributed by atoms with Gasteiger partial charge >= 0.3 is 0 Å². The molecule has 0 radical (unpaired) electrons. The van der Waals surface area contributed by atoms with Gasteiger partial charge in [-0.2, -0.15) is 0 Å². The summed E-state index contributed by atoms with van der Waals surface area (Å²) in [5.41, 5.74) is 0. The predicted octanol–water partition coefficient (Wildman–Crippen LogP) is -0.475. The highest BCUT2D eigenvalue weighted by molar-refractivity contribution is 5.77. The molecule has 0 fully saturated rings. The van der Waals surface area contributed by atoms with E-state index < -0.39 is 0 Å². The molecule has 0 atom stereocenters. The van der Waals surface area contributed by atoms with Crippen LogP contribution in [0.15, 0.2) is 0 Å². The highest BCUT2D eigenvalue weighted by atomic mass is 16.6. The highest BCUT2D eigenvalue weighted by Gasteiger charge is 1.99. The van der Waals surface area contributed by atoms with Gasteiger partial charge in [0.05, 0.1) is 66.1 Å². The second-order valence-electron chi connectivity index (χ2n) is 5.12. The van der Waals surface area contributed by atoms with Crippen LogP contribution in [0.5, 0.6) is 0 Å². The van der Waals surface area contributed by atoms with Crippen LogP contribution < -0.4 is 16.0 Å². The van der Waals surface area contributed by atoms with Crippen LogP contribution in [0.1, 0.15) is 20.8 Å². The van der Waals surface area contributed by atoms with Gasteiger partial charge in [0.1, 0.15) is 6.61 Å². The van der Waals surface area contributed by atoms with Crippen LogP contribution in [0.4, 0.5) is 0 Å². The van der Waals surface area contributed by atoms with Gasteiger partial charge in [-0.1, -0.05) is 13.8 Å². The summed E-state index contributed by atoms with van der Waals surface area (Å²) in [5, 5.41) is 8.06. The Bertz CT molecular complexity index is 347. The predicted molar refractivity (Wildman–Crippen MR) is 106 cm³/mol. The number of ether oxygens (including phenoxy) is 5. The van der Waals surface area contributed by atoms with Gasteiger partial charge in [0.2, 0.25) is 11.8 Å². The summed E-state index contributed by atoms with van der Waals surface area (Å²) in [6.07, 6.45) is 0. The molecule has 0 aromatic carbocycles. The molecule has 0 aromatic heterocycles. The quantitative estimate of drug-likeness (QED) is 0.194. The lowest BCUT2D eigenvalue weighted by atomic mass is 10.6. The summed E-state index contributed by atoms with van der Waals surface area (Å²) >= 11 is 0. The molecular weight excluding hydrogens is 370 g/mol. The minimum absolute atomic E-state index is 0.0236. The summed E-state index contributed by atoms with van der Waals surface area (Å²) in [6, 6.07) is 0. The van der Waals surface area contributed by atoms with Crippen LogP contribution in [0.3, 0.4) is 0 Å². The number of rotatable bonds is 19. The fourth-order valence-electron chi connectivity index (χ4n) is 1.58. The van der Waals surface area contributed by atoms with Crippen molar-refractivity contribution in [3.8, 4) is 0 Å². The molecule has 0 aliphatic rings. The van der Waals surface area contributed by atoms with E-state index in [1.807, 2.05) is 13.8 Å². The standard InChI is InChI=1S/C16H33N3O7.C2H6/c1-15(20)18-3-4-22-5-6-23-7-8-24-9-10-25-11-12-26-13-16(21)19-14-17-2;1-2/h17H,3-14H2,1-2H3,(H,18,20)(H,19,21);1-2H3. The second kappa shape index (κ2) is 25.7. The Kier molecular flexibility index (Phi) is 26.5. The van der Waals surface area contributed by atoms with Crippen molar-refractivity contribution in [1.29, 1.82) is 0 Å². The molecule has 0 saturated heterocycles. The van der Waals surface area contributed by atoms with E-state index in [2.05, 4.69) is 16.0 Å². The molecule has 0 heterocycles. The summed E-state index contributed by atoms with van der Waals surface area (Å²) in [6.45, 7) is 10.5. The average molecular weight is 410 g/mol. The molecule has 0 unspecified atom stereocenters. The van der Waals surface area contributed by atoms with E-state index in [0.29, 0.717) is 72.7 Å². The third kappa shape index (κ3) is 26.9. The minimum Gasteiger partial charge on any atom is -0.377 e. The van der Waals surface area contributed by atoms with Crippen molar-refractivity contribution in [3.05, 3.63) is 0 Å². The van der Waals surface area contributed by atoms with Gasteiger partial charge in [-0.3, -0.25) is 9.59 Å². The lowest BCUT2D eigenvalue weighted by Gasteiger charge is -2.08. The van der Waals surface area contributed by atoms with Crippen LogP contribution >= 0.6 is 0 Å². The van der Waals surface area contributed by atoms with E-state index in [1.54, 1.807) is 7.05 Å². The molecule has 0 aliphatic heterocycles. The first kappa shape index (κ1) is 28.9. The molecule has 0 aliphatic carbocycles. The smallest absolute Gasteiger partial charge is 0.246 e. The van der Waals surface area contributed by atoms with Gasteiger partial charge in [-0.05, 0) is 7.05 Å². The Hall–Kier alpha value is -1.30. The maximum atomic E-state index is 11.2. The Morgan fingerprint density at radius 2 is 1.11 bits per heavy atom. The fourth-order valence-corrected chi connectivity index (χ4v) is 1.58. The zero-order chi connectivity index (χ0) is 21.3. The van der Waals surface area contributed by atoms with Crippen LogP contribution in [-0.2, 0) is 33.3 Å². The topological polar surface area (TPSA) is 116 Å². The lowest BCUT2D eigenvalue weighted by Crippen LogP contribution is -2.34. The molecule has 0 spiro atoms. The van der Waals surface area contributed by atoms with Gasteiger partial charge < -0.3 is 39.6 Å². The van der Waals surface area contributed by atoms with Gasteiger partial charge in [-0.25, -0.2) is 0 Å². The molecule has 0 aromatic rings. The molecule has 10 nitrogen and oxygen atoms in total. The van der Waals surface area contributed by atoms with Crippen LogP contribution in [0, 0.1) is 0 Å². The first-order valence-electron chi connectivity index (χ1n) is 9.71. The van der Waals surface area contributed by atoms with E-state index in [1.165, 1.54) is 6.92 Å². The maximum absolute atomic E-state index is 11.2. The summed E-state index contributed by atoms with van der Waals surface area (Å²) in [7, 11) is 1.75. The molecule has 0 bridgehead atoms.